The molecule has 3 aromatic rings. The zero-order valence-corrected chi connectivity index (χ0v) is 15.5. The summed E-state index contributed by atoms with van der Waals surface area (Å²) in [4.78, 5) is 8.86. The lowest BCUT2D eigenvalue weighted by Gasteiger charge is -2.33. The second kappa shape index (κ2) is 7.88. The van der Waals surface area contributed by atoms with Crippen LogP contribution < -0.4 is 10.1 Å². The van der Waals surface area contributed by atoms with Gasteiger partial charge in [-0.25, -0.2) is 4.98 Å². The van der Waals surface area contributed by atoms with Crippen LogP contribution in [0.2, 0.25) is 0 Å². The van der Waals surface area contributed by atoms with Gasteiger partial charge >= 0.3 is 0 Å². The summed E-state index contributed by atoms with van der Waals surface area (Å²) in [6.07, 6.45) is 4.72. The molecule has 0 saturated carbocycles. The average molecular weight is 364 g/mol. The van der Waals surface area contributed by atoms with E-state index in [2.05, 4.69) is 27.4 Å². The smallest absolute Gasteiger partial charge is 0.259 e. The van der Waals surface area contributed by atoms with E-state index in [1.165, 1.54) is 12.8 Å². The SMILES string of the molecule is C[C@]1(COc2ccc(-c3nc(Cc4ccccc4)no3)cn2)CCCNC1. The lowest BCUT2D eigenvalue weighted by atomic mass is 9.84. The maximum Gasteiger partial charge on any atom is 0.259 e. The standard InChI is InChI=1S/C21H24N4O2/c1-21(10-5-11-22-14-21)15-26-19-9-8-17(13-23-19)20-24-18(25-27-20)12-16-6-3-2-4-7-16/h2-4,6-9,13,22H,5,10-12,14-15H2,1H3/t21-/m0/s1. The van der Waals surface area contributed by atoms with E-state index in [0.29, 0.717) is 30.6 Å². The molecular formula is C21H24N4O2. The molecule has 6 heteroatoms. The van der Waals surface area contributed by atoms with E-state index in [4.69, 9.17) is 9.26 Å². The highest BCUT2D eigenvalue weighted by Gasteiger charge is 2.27. The van der Waals surface area contributed by atoms with Crippen LogP contribution in [0.4, 0.5) is 0 Å². The Bertz CT molecular complexity index is 855. The first kappa shape index (κ1) is 17.7. The maximum absolute atomic E-state index is 5.91. The van der Waals surface area contributed by atoms with E-state index in [9.17, 15) is 0 Å². The third-order valence-corrected chi connectivity index (χ3v) is 4.91. The first-order chi connectivity index (χ1) is 13.2. The Balaban J connectivity index is 1.37. The molecule has 1 aliphatic heterocycles. The van der Waals surface area contributed by atoms with Crippen LogP contribution in [0, 0.1) is 5.41 Å². The molecule has 140 valence electrons. The number of pyridine rings is 1. The van der Waals surface area contributed by atoms with Gasteiger partial charge in [0.25, 0.3) is 5.89 Å². The van der Waals surface area contributed by atoms with Gasteiger partial charge in [0.05, 0.1) is 12.2 Å². The molecule has 1 aromatic carbocycles. The number of nitrogens with zero attached hydrogens (tertiary/aromatic N) is 3. The highest BCUT2D eigenvalue weighted by Crippen LogP contribution is 2.26. The molecule has 0 bridgehead atoms. The van der Waals surface area contributed by atoms with Crippen molar-refractivity contribution in [3.05, 3.63) is 60.0 Å². The molecule has 1 saturated heterocycles. The quantitative estimate of drug-likeness (QED) is 0.722. The molecule has 0 aliphatic carbocycles. The molecule has 3 heterocycles. The monoisotopic (exact) mass is 364 g/mol. The van der Waals surface area contributed by atoms with Crippen LogP contribution in [0.25, 0.3) is 11.5 Å². The second-order valence-corrected chi connectivity index (χ2v) is 7.44. The fourth-order valence-corrected chi connectivity index (χ4v) is 3.30. The van der Waals surface area contributed by atoms with Crippen molar-refractivity contribution >= 4 is 0 Å². The zero-order chi connectivity index (χ0) is 18.5. The Morgan fingerprint density at radius 2 is 2.07 bits per heavy atom. The van der Waals surface area contributed by atoms with E-state index in [1.807, 2.05) is 42.5 Å². The predicted molar refractivity (Wildman–Crippen MR) is 102 cm³/mol. The molecule has 1 fully saturated rings. The highest BCUT2D eigenvalue weighted by molar-refractivity contribution is 5.51. The normalized spacial score (nSPS) is 19.7. The van der Waals surface area contributed by atoms with E-state index in [0.717, 1.165) is 24.2 Å². The fraction of sp³-hybridized carbons (Fsp3) is 0.381. The van der Waals surface area contributed by atoms with Crippen molar-refractivity contribution in [3.8, 4) is 17.3 Å². The minimum atomic E-state index is 0.164. The second-order valence-electron chi connectivity index (χ2n) is 7.44. The number of hydrogen-bond donors (Lipinski definition) is 1. The summed E-state index contributed by atoms with van der Waals surface area (Å²) in [6, 6.07) is 13.9. The molecule has 1 N–H and O–H groups in total. The van der Waals surface area contributed by atoms with Gasteiger partial charge in [-0.05, 0) is 31.0 Å². The molecular weight excluding hydrogens is 340 g/mol. The molecule has 0 unspecified atom stereocenters. The summed E-state index contributed by atoms with van der Waals surface area (Å²) in [7, 11) is 0. The van der Waals surface area contributed by atoms with Gasteiger partial charge in [0.2, 0.25) is 5.88 Å². The number of piperidine rings is 1. The average Bonchev–Trinajstić information content (AvgIpc) is 3.17. The van der Waals surface area contributed by atoms with Gasteiger partial charge in [0, 0.05) is 30.6 Å². The van der Waals surface area contributed by atoms with Gasteiger partial charge in [-0.3, -0.25) is 0 Å². The number of rotatable bonds is 6. The van der Waals surface area contributed by atoms with E-state index in [1.54, 1.807) is 6.20 Å². The molecule has 1 aliphatic rings. The van der Waals surface area contributed by atoms with Crippen molar-refractivity contribution in [3.63, 3.8) is 0 Å². The third-order valence-electron chi connectivity index (χ3n) is 4.91. The third kappa shape index (κ3) is 4.52. The minimum Gasteiger partial charge on any atom is -0.477 e. The number of hydrogen-bond acceptors (Lipinski definition) is 6. The minimum absolute atomic E-state index is 0.164. The van der Waals surface area contributed by atoms with Crippen LogP contribution in [0.1, 0.15) is 31.2 Å². The summed E-state index contributed by atoms with van der Waals surface area (Å²) < 4.78 is 11.3. The largest absolute Gasteiger partial charge is 0.477 e. The maximum atomic E-state index is 5.91. The lowest BCUT2D eigenvalue weighted by Crippen LogP contribution is -2.41. The highest BCUT2D eigenvalue weighted by atomic mass is 16.5. The predicted octanol–water partition coefficient (Wildman–Crippen LogP) is 3.49. The van der Waals surface area contributed by atoms with Gasteiger partial charge < -0.3 is 14.6 Å². The molecule has 0 amide bonds. The van der Waals surface area contributed by atoms with Gasteiger partial charge in [-0.15, -0.1) is 0 Å². The van der Waals surface area contributed by atoms with Gasteiger partial charge in [0.15, 0.2) is 5.82 Å². The van der Waals surface area contributed by atoms with Crippen molar-refractivity contribution in [1.29, 1.82) is 0 Å². The number of aromatic nitrogens is 3. The van der Waals surface area contributed by atoms with E-state index < -0.39 is 0 Å². The van der Waals surface area contributed by atoms with Gasteiger partial charge in [0.1, 0.15) is 0 Å². The van der Waals surface area contributed by atoms with E-state index >= 15 is 0 Å². The van der Waals surface area contributed by atoms with Gasteiger partial charge in [-0.2, -0.15) is 4.98 Å². The Morgan fingerprint density at radius 1 is 1.19 bits per heavy atom. The van der Waals surface area contributed by atoms with Crippen molar-refractivity contribution in [2.75, 3.05) is 19.7 Å². The van der Waals surface area contributed by atoms with Crippen molar-refractivity contribution in [2.24, 2.45) is 5.41 Å². The lowest BCUT2D eigenvalue weighted by molar-refractivity contribution is 0.125. The molecule has 6 nitrogen and oxygen atoms in total. The number of ether oxygens (including phenoxy) is 1. The summed E-state index contributed by atoms with van der Waals surface area (Å²) >= 11 is 0. The molecule has 1 atom stereocenters. The molecule has 2 aromatic heterocycles. The van der Waals surface area contributed by atoms with E-state index in [-0.39, 0.29) is 5.41 Å². The van der Waals surface area contributed by atoms with Crippen molar-refractivity contribution in [1.82, 2.24) is 20.4 Å². The zero-order valence-electron chi connectivity index (χ0n) is 15.5. The molecule has 27 heavy (non-hydrogen) atoms. The van der Waals surface area contributed by atoms with Gasteiger partial charge in [-0.1, -0.05) is 42.4 Å². The fourth-order valence-electron chi connectivity index (χ4n) is 3.30. The van der Waals surface area contributed by atoms with Crippen LogP contribution in [0.3, 0.4) is 0 Å². The first-order valence-corrected chi connectivity index (χ1v) is 9.37. The van der Waals surface area contributed by atoms with Crippen molar-refractivity contribution < 1.29 is 9.26 Å². The first-order valence-electron chi connectivity index (χ1n) is 9.37. The van der Waals surface area contributed by atoms with Crippen LogP contribution in [0.5, 0.6) is 5.88 Å². The van der Waals surface area contributed by atoms with Crippen LogP contribution in [0.15, 0.2) is 53.2 Å². The molecule has 0 spiro atoms. The summed E-state index contributed by atoms with van der Waals surface area (Å²) in [6.45, 7) is 4.99. The Morgan fingerprint density at radius 3 is 2.81 bits per heavy atom. The van der Waals surface area contributed by atoms with Crippen LogP contribution in [-0.4, -0.2) is 34.8 Å². The van der Waals surface area contributed by atoms with Crippen LogP contribution >= 0.6 is 0 Å². The molecule has 0 radical (unpaired) electrons. The Hall–Kier alpha value is -2.73. The topological polar surface area (TPSA) is 73.1 Å². The summed E-state index contributed by atoms with van der Waals surface area (Å²) in [5.74, 6) is 1.76. The Kier molecular flexibility index (Phi) is 5.16. The van der Waals surface area contributed by atoms with Crippen LogP contribution in [-0.2, 0) is 6.42 Å². The molecule has 4 rings (SSSR count). The summed E-state index contributed by atoms with van der Waals surface area (Å²) in [5.41, 5.74) is 2.11. The Labute approximate surface area is 159 Å². The summed E-state index contributed by atoms with van der Waals surface area (Å²) in [5, 5.41) is 7.50. The number of nitrogens with one attached hydrogen (secondary N) is 1. The van der Waals surface area contributed by atoms with Crippen molar-refractivity contribution in [2.45, 2.75) is 26.2 Å². The number of benzene rings is 1.